The molecule has 0 saturated carbocycles. The lowest BCUT2D eigenvalue weighted by atomic mass is 9.80. The third kappa shape index (κ3) is 4.21. The van der Waals surface area contributed by atoms with Crippen LogP contribution in [0.15, 0.2) is 41.5 Å². The van der Waals surface area contributed by atoms with Gasteiger partial charge in [-0.2, -0.15) is 5.10 Å². The molecule has 0 aromatic heterocycles. The van der Waals surface area contributed by atoms with Crippen molar-refractivity contribution < 1.29 is 14.3 Å². The van der Waals surface area contributed by atoms with E-state index in [1.807, 2.05) is 0 Å². The average molecular weight is 396 g/mol. The highest BCUT2D eigenvalue weighted by molar-refractivity contribution is 5.95. The Balaban J connectivity index is 1.81. The summed E-state index contributed by atoms with van der Waals surface area (Å²) < 4.78 is 10.7. The number of rotatable bonds is 5. The number of ether oxygens (including phenoxy) is 2. The molecular weight excluding hydrogens is 366 g/mol. The maximum Gasteiger partial charge on any atom is 0.271 e. The van der Waals surface area contributed by atoms with E-state index in [2.05, 4.69) is 55.4 Å². The van der Waals surface area contributed by atoms with Crippen molar-refractivity contribution in [1.29, 1.82) is 0 Å². The molecule has 6 heteroatoms. The van der Waals surface area contributed by atoms with Crippen LogP contribution in [0.1, 0.15) is 54.6 Å². The number of hydrogen-bond acceptors (Lipinski definition) is 5. The molecule has 0 saturated heterocycles. The van der Waals surface area contributed by atoms with Gasteiger partial charge in [-0.1, -0.05) is 6.92 Å². The molecule has 2 aromatic rings. The summed E-state index contributed by atoms with van der Waals surface area (Å²) >= 11 is 0. The summed E-state index contributed by atoms with van der Waals surface area (Å²) in [6, 6.07) is 11.0. The SMILES string of the molecule is COc1ccc(C(=O)N/N=C\c2cc3c(cc2OC)N(C)C(C)(C)CC3C)cc1. The fraction of sp³-hybridized carbons (Fsp3) is 0.391. The Morgan fingerprint density at radius 2 is 1.90 bits per heavy atom. The maximum atomic E-state index is 12.3. The van der Waals surface area contributed by atoms with Gasteiger partial charge in [0, 0.05) is 35.5 Å². The quantitative estimate of drug-likeness (QED) is 0.609. The average Bonchev–Trinajstić information content (AvgIpc) is 2.71. The molecule has 0 bridgehead atoms. The number of nitrogens with zero attached hydrogens (tertiary/aromatic N) is 2. The van der Waals surface area contributed by atoms with Gasteiger partial charge < -0.3 is 14.4 Å². The van der Waals surface area contributed by atoms with E-state index in [-0.39, 0.29) is 11.4 Å². The Hall–Kier alpha value is -3.02. The molecule has 0 spiro atoms. The first-order valence-electron chi connectivity index (χ1n) is 9.70. The zero-order chi connectivity index (χ0) is 21.2. The Morgan fingerprint density at radius 3 is 2.52 bits per heavy atom. The summed E-state index contributed by atoms with van der Waals surface area (Å²) in [6.07, 6.45) is 2.70. The number of fused-ring (bicyclic) bond motifs is 1. The van der Waals surface area contributed by atoms with Crippen LogP contribution < -0.4 is 19.8 Å². The molecule has 1 aliphatic rings. The first-order chi connectivity index (χ1) is 13.8. The molecule has 1 unspecified atom stereocenters. The topological polar surface area (TPSA) is 63.2 Å². The summed E-state index contributed by atoms with van der Waals surface area (Å²) in [5.41, 5.74) is 6.43. The van der Waals surface area contributed by atoms with Gasteiger partial charge in [-0.3, -0.25) is 4.79 Å². The number of hydrogen-bond donors (Lipinski definition) is 1. The van der Waals surface area contributed by atoms with E-state index >= 15 is 0 Å². The van der Waals surface area contributed by atoms with Crippen LogP contribution in [-0.2, 0) is 0 Å². The second-order valence-corrected chi connectivity index (χ2v) is 8.06. The minimum absolute atomic E-state index is 0.0827. The molecule has 1 atom stereocenters. The van der Waals surface area contributed by atoms with E-state index in [1.165, 1.54) is 11.3 Å². The van der Waals surface area contributed by atoms with Crippen LogP contribution in [0.25, 0.3) is 0 Å². The minimum Gasteiger partial charge on any atom is -0.497 e. The van der Waals surface area contributed by atoms with Crippen LogP contribution in [0.3, 0.4) is 0 Å². The highest BCUT2D eigenvalue weighted by atomic mass is 16.5. The normalized spacial score (nSPS) is 17.7. The number of carbonyl (C=O) groups is 1. The van der Waals surface area contributed by atoms with Crippen LogP contribution in [0.4, 0.5) is 5.69 Å². The summed E-state index contributed by atoms with van der Waals surface area (Å²) in [5.74, 6) is 1.56. The zero-order valence-corrected chi connectivity index (χ0v) is 17.9. The van der Waals surface area contributed by atoms with Crippen molar-refractivity contribution in [1.82, 2.24) is 5.43 Å². The lowest BCUT2D eigenvalue weighted by molar-refractivity contribution is 0.0955. The van der Waals surface area contributed by atoms with Crippen molar-refractivity contribution in [2.75, 3.05) is 26.2 Å². The second kappa shape index (κ2) is 8.15. The van der Waals surface area contributed by atoms with Crippen LogP contribution >= 0.6 is 0 Å². The van der Waals surface area contributed by atoms with Gasteiger partial charge in [-0.25, -0.2) is 5.43 Å². The van der Waals surface area contributed by atoms with Crippen LogP contribution in [0.2, 0.25) is 0 Å². The Morgan fingerprint density at radius 1 is 1.21 bits per heavy atom. The molecule has 2 aromatic carbocycles. The summed E-state index contributed by atoms with van der Waals surface area (Å²) in [6.45, 7) is 6.75. The predicted molar refractivity (Wildman–Crippen MR) is 117 cm³/mol. The fourth-order valence-electron chi connectivity index (χ4n) is 3.86. The van der Waals surface area contributed by atoms with Crippen molar-refractivity contribution in [3.63, 3.8) is 0 Å². The van der Waals surface area contributed by atoms with E-state index in [0.29, 0.717) is 17.2 Å². The molecular formula is C23H29N3O3. The lowest BCUT2D eigenvalue weighted by Gasteiger charge is -2.45. The standard InChI is InChI=1S/C23H29N3O3/c1-15-13-23(2,3)26(4)20-12-21(29-6)17(11-19(15)20)14-24-25-22(27)16-7-9-18(28-5)10-8-16/h7-12,14-15H,13H2,1-6H3,(H,25,27)/b24-14-. The van der Waals surface area contributed by atoms with Crippen molar-refractivity contribution in [3.8, 4) is 11.5 Å². The van der Waals surface area contributed by atoms with Crippen molar-refractivity contribution in [2.45, 2.75) is 38.6 Å². The maximum absolute atomic E-state index is 12.3. The van der Waals surface area contributed by atoms with Gasteiger partial charge in [0.15, 0.2) is 0 Å². The third-order valence-corrected chi connectivity index (χ3v) is 5.71. The summed E-state index contributed by atoms with van der Waals surface area (Å²) in [7, 11) is 5.35. The number of anilines is 1. The van der Waals surface area contributed by atoms with Crippen LogP contribution in [0.5, 0.6) is 11.5 Å². The number of methoxy groups -OCH3 is 2. The van der Waals surface area contributed by atoms with Gasteiger partial charge in [0.05, 0.1) is 20.4 Å². The van der Waals surface area contributed by atoms with E-state index in [1.54, 1.807) is 44.7 Å². The van der Waals surface area contributed by atoms with Gasteiger partial charge >= 0.3 is 0 Å². The monoisotopic (exact) mass is 395 g/mol. The first-order valence-corrected chi connectivity index (χ1v) is 9.70. The van der Waals surface area contributed by atoms with Gasteiger partial charge in [-0.15, -0.1) is 0 Å². The fourth-order valence-corrected chi connectivity index (χ4v) is 3.86. The molecule has 3 rings (SSSR count). The Labute approximate surface area is 172 Å². The van der Waals surface area contributed by atoms with Gasteiger partial charge in [0.2, 0.25) is 0 Å². The first kappa shape index (κ1) is 20.7. The summed E-state index contributed by atoms with van der Waals surface area (Å²) in [4.78, 5) is 14.6. The minimum atomic E-state index is -0.282. The van der Waals surface area contributed by atoms with Crippen molar-refractivity contribution in [2.24, 2.45) is 5.10 Å². The van der Waals surface area contributed by atoms with Gasteiger partial charge in [0.25, 0.3) is 5.91 Å². The number of carbonyl (C=O) groups excluding carboxylic acids is 1. The molecule has 1 N–H and O–H groups in total. The zero-order valence-electron chi connectivity index (χ0n) is 17.9. The number of amides is 1. The molecule has 154 valence electrons. The molecule has 6 nitrogen and oxygen atoms in total. The van der Waals surface area contributed by atoms with E-state index < -0.39 is 0 Å². The van der Waals surface area contributed by atoms with Crippen molar-refractivity contribution in [3.05, 3.63) is 53.1 Å². The van der Waals surface area contributed by atoms with E-state index in [0.717, 1.165) is 17.7 Å². The Kier molecular flexibility index (Phi) is 5.82. The Bertz CT molecular complexity index is 920. The third-order valence-electron chi connectivity index (χ3n) is 5.71. The van der Waals surface area contributed by atoms with Crippen LogP contribution in [0, 0.1) is 0 Å². The highest BCUT2D eigenvalue weighted by Crippen LogP contribution is 2.44. The van der Waals surface area contributed by atoms with Crippen LogP contribution in [-0.4, -0.2) is 38.9 Å². The van der Waals surface area contributed by atoms with Gasteiger partial charge in [0.1, 0.15) is 11.5 Å². The lowest BCUT2D eigenvalue weighted by Crippen LogP contribution is -2.45. The number of benzene rings is 2. The van der Waals surface area contributed by atoms with E-state index in [4.69, 9.17) is 9.47 Å². The molecule has 1 aliphatic heterocycles. The van der Waals surface area contributed by atoms with E-state index in [9.17, 15) is 4.79 Å². The highest BCUT2D eigenvalue weighted by Gasteiger charge is 2.34. The molecule has 1 heterocycles. The smallest absolute Gasteiger partial charge is 0.271 e. The number of nitrogens with one attached hydrogen (secondary N) is 1. The molecule has 0 aliphatic carbocycles. The van der Waals surface area contributed by atoms with Crippen molar-refractivity contribution >= 4 is 17.8 Å². The van der Waals surface area contributed by atoms with Gasteiger partial charge in [-0.05, 0) is 62.1 Å². The molecule has 1 amide bonds. The summed E-state index contributed by atoms with van der Waals surface area (Å²) in [5, 5.41) is 4.14. The molecule has 0 fully saturated rings. The largest absolute Gasteiger partial charge is 0.497 e. The number of hydrazone groups is 1. The molecule has 29 heavy (non-hydrogen) atoms. The second-order valence-electron chi connectivity index (χ2n) is 8.06. The predicted octanol–water partition coefficient (Wildman–Crippen LogP) is 4.19. The molecule has 0 radical (unpaired) electrons.